The molecule has 0 fully saturated rings. The lowest BCUT2D eigenvalue weighted by atomic mass is 9.95. The van der Waals surface area contributed by atoms with Gasteiger partial charge in [-0.15, -0.1) is 11.3 Å². The molecule has 0 aliphatic carbocycles. The highest BCUT2D eigenvalue weighted by molar-refractivity contribution is 7.17. The number of hydrogen-bond donors (Lipinski definition) is 1. The van der Waals surface area contributed by atoms with E-state index in [9.17, 15) is 4.79 Å². The number of pyridine rings is 1. The standard InChI is InChI=1S/C17H16N2OS/c20-16-5-8-19(15-6-9-21-17(15)16)11-13-3-1-2-12-10-18-7-4-14(12)13/h1-3,5-6,8-9,18H,4,7,10-11H2. The normalized spacial score (nSPS) is 14.3. The van der Waals surface area contributed by atoms with Gasteiger partial charge in [0.25, 0.3) is 0 Å². The summed E-state index contributed by atoms with van der Waals surface area (Å²) in [5, 5.41) is 5.41. The van der Waals surface area contributed by atoms with Gasteiger partial charge in [-0.3, -0.25) is 4.79 Å². The van der Waals surface area contributed by atoms with Gasteiger partial charge in [-0.2, -0.15) is 0 Å². The first-order valence-corrected chi connectivity index (χ1v) is 8.08. The van der Waals surface area contributed by atoms with E-state index in [0.717, 1.165) is 36.3 Å². The van der Waals surface area contributed by atoms with Crippen molar-refractivity contribution in [3.63, 3.8) is 0 Å². The largest absolute Gasteiger partial charge is 0.342 e. The van der Waals surface area contributed by atoms with Gasteiger partial charge in [0.2, 0.25) is 0 Å². The Morgan fingerprint density at radius 1 is 1.24 bits per heavy atom. The maximum Gasteiger partial charge on any atom is 0.199 e. The third kappa shape index (κ3) is 2.20. The van der Waals surface area contributed by atoms with Gasteiger partial charge < -0.3 is 9.88 Å². The van der Waals surface area contributed by atoms with Crippen molar-refractivity contribution in [2.24, 2.45) is 0 Å². The average molecular weight is 296 g/mol. The predicted molar refractivity (Wildman–Crippen MR) is 87.0 cm³/mol. The van der Waals surface area contributed by atoms with Crippen LogP contribution in [0.4, 0.5) is 0 Å². The molecule has 1 aliphatic rings. The molecule has 0 spiro atoms. The molecule has 1 N–H and O–H groups in total. The SMILES string of the molecule is O=c1ccn(Cc2cccc3c2CCNC3)c2ccsc12. The van der Waals surface area contributed by atoms with Gasteiger partial charge >= 0.3 is 0 Å². The summed E-state index contributed by atoms with van der Waals surface area (Å²) in [5.74, 6) is 0. The van der Waals surface area contributed by atoms with Crippen LogP contribution in [-0.2, 0) is 19.5 Å². The second kappa shape index (κ2) is 5.13. The van der Waals surface area contributed by atoms with Crippen molar-refractivity contribution in [2.45, 2.75) is 19.5 Å². The second-order valence-electron chi connectivity index (χ2n) is 5.42. The first-order valence-electron chi connectivity index (χ1n) is 7.20. The molecule has 0 saturated carbocycles. The Balaban J connectivity index is 1.80. The smallest absolute Gasteiger partial charge is 0.199 e. The molecular formula is C17H16N2OS. The average Bonchev–Trinajstić information content (AvgIpc) is 3.01. The Morgan fingerprint density at radius 2 is 2.19 bits per heavy atom. The van der Waals surface area contributed by atoms with Crippen LogP contribution in [-0.4, -0.2) is 11.1 Å². The first kappa shape index (κ1) is 12.8. The second-order valence-corrected chi connectivity index (χ2v) is 6.34. The van der Waals surface area contributed by atoms with Crippen molar-refractivity contribution in [3.05, 3.63) is 68.8 Å². The van der Waals surface area contributed by atoms with Crippen molar-refractivity contribution in [1.82, 2.24) is 9.88 Å². The summed E-state index contributed by atoms with van der Waals surface area (Å²) in [4.78, 5) is 11.9. The zero-order chi connectivity index (χ0) is 14.2. The highest BCUT2D eigenvalue weighted by Gasteiger charge is 2.13. The summed E-state index contributed by atoms with van der Waals surface area (Å²) in [5.41, 5.74) is 5.40. The van der Waals surface area contributed by atoms with E-state index in [0.29, 0.717) is 0 Å². The van der Waals surface area contributed by atoms with Gasteiger partial charge in [0.15, 0.2) is 5.43 Å². The van der Waals surface area contributed by atoms with Crippen LogP contribution < -0.4 is 10.7 Å². The number of hydrogen-bond acceptors (Lipinski definition) is 3. The summed E-state index contributed by atoms with van der Waals surface area (Å²) in [6, 6.07) is 10.3. The number of benzene rings is 1. The molecule has 3 aromatic rings. The zero-order valence-corrected chi connectivity index (χ0v) is 12.5. The Hall–Kier alpha value is -1.91. The monoisotopic (exact) mass is 296 g/mol. The molecule has 2 aromatic heterocycles. The molecule has 0 atom stereocenters. The van der Waals surface area contributed by atoms with Crippen LogP contribution in [0.1, 0.15) is 16.7 Å². The van der Waals surface area contributed by atoms with Crippen molar-refractivity contribution >= 4 is 21.6 Å². The minimum atomic E-state index is 0.121. The fourth-order valence-electron chi connectivity index (χ4n) is 3.11. The molecule has 106 valence electrons. The van der Waals surface area contributed by atoms with E-state index in [1.54, 1.807) is 6.07 Å². The molecule has 3 nitrogen and oxygen atoms in total. The molecule has 21 heavy (non-hydrogen) atoms. The van der Waals surface area contributed by atoms with Gasteiger partial charge in [0.1, 0.15) is 0 Å². The van der Waals surface area contributed by atoms with Crippen molar-refractivity contribution in [2.75, 3.05) is 6.54 Å². The first-order chi connectivity index (χ1) is 10.3. The zero-order valence-electron chi connectivity index (χ0n) is 11.6. The van der Waals surface area contributed by atoms with Gasteiger partial charge in [0.05, 0.1) is 10.2 Å². The lowest BCUT2D eigenvalue weighted by Gasteiger charge is -2.21. The third-order valence-corrected chi connectivity index (χ3v) is 5.08. The summed E-state index contributed by atoms with van der Waals surface area (Å²) in [6.45, 7) is 2.83. The topological polar surface area (TPSA) is 34.0 Å². The van der Waals surface area contributed by atoms with E-state index >= 15 is 0 Å². The van der Waals surface area contributed by atoms with Gasteiger partial charge in [-0.1, -0.05) is 18.2 Å². The number of aromatic nitrogens is 1. The van der Waals surface area contributed by atoms with Gasteiger partial charge in [-0.05, 0) is 41.1 Å². The Morgan fingerprint density at radius 3 is 3.14 bits per heavy atom. The van der Waals surface area contributed by atoms with Crippen molar-refractivity contribution in [3.8, 4) is 0 Å². The molecule has 0 bridgehead atoms. The van der Waals surface area contributed by atoms with Gasteiger partial charge in [-0.25, -0.2) is 0 Å². The molecule has 0 saturated heterocycles. The molecular weight excluding hydrogens is 280 g/mol. The number of thiophene rings is 1. The van der Waals surface area contributed by atoms with Crippen LogP contribution in [0, 0.1) is 0 Å². The highest BCUT2D eigenvalue weighted by atomic mass is 32.1. The fourth-order valence-corrected chi connectivity index (χ4v) is 3.93. The molecule has 1 aromatic carbocycles. The van der Waals surface area contributed by atoms with E-state index in [2.05, 4.69) is 28.1 Å². The molecule has 0 unspecified atom stereocenters. The summed E-state index contributed by atoms with van der Waals surface area (Å²) >= 11 is 1.52. The minimum absolute atomic E-state index is 0.121. The van der Waals surface area contributed by atoms with E-state index < -0.39 is 0 Å². The van der Waals surface area contributed by atoms with Crippen LogP contribution in [0.3, 0.4) is 0 Å². The van der Waals surface area contributed by atoms with Gasteiger partial charge in [0, 0.05) is 25.4 Å². The maximum absolute atomic E-state index is 11.9. The molecule has 4 rings (SSSR count). The van der Waals surface area contributed by atoms with Crippen molar-refractivity contribution < 1.29 is 0 Å². The fraction of sp³-hybridized carbons (Fsp3) is 0.235. The lowest BCUT2D eigenvalue weighted by molar-refractivity contribution is 0.635. The Labute approximate surface area is 126 Å². The summed E-state index contributed by atoms with van der Waals surface area (Å²) in [7, 11) is 0. The van der Waals surface area contributed by atoms with Crippen molar-refractivity contribution in [1.29, 1.82) is 0 Å². The predicted octanol–water partition coefficient (Wildman–Crippen LogP) is 2.76. The molecule has 4 heteroatoms. The van der Waals surface area contributed by atoms with Crippen LogP contribution >= 0.6 is 11.3 Å². The van der Waals surface area contributed by atoms with E-state index in [1.807, 2.05) is 17.6 Å². The highest BCUT2D eigenvalue weighted by Crippen LogP contribution is 2.22. The summed E-state index contributed by atoms with van der Waals surface area (Å²) in [6.07, 6.45) is 3.00. The third-order valence-electron chi connectivity index (χ3n) is 4.16. The molecule has 0 radical (unpaired) electrons. The van der Waals surface area contributed by atoms with Crippen LogP contribution in [0.25, 0.3) is 10.2 Å². The number of nitrogens with zero attached hydrogens (tertiary/aromatic N) is 1. The molecule has 0 amide bonds. The van der Waals surface area contributed by atoms with E-state index in [4.69, 9.17) is 0 Å². The maximum atomic E-state index is 11.9. The van der Waals surface area contributed by atoms with Crippen LogP contribution in [0.5, 0.6) is 0 Å². The number of rotatable bonds is 2. The van der Waals surface area contributed by atoms with Crippen LogP contribution in [0.15, 0.2) is 46.7 Å². The number of nitrogens with one attached hydrogen (secondary N) is 1. The Kier molecular flexibility index (Phi) is 3.13. The molecule has 1 aliphatic heterocycles. The van der Waals surface area contributed by atoms with E-state index in [-0.39, 0.29) is 5.43 Å². The number of fused-ring (bicyclic) bond motifs is 2. The summed E-state index contributed by atoms with van der Waals surface area (Å²) < 4.78 is 3.04. The lowest BCUT2D eigenvalue weighted by Crippen LogP contribution is -2.25. The van der Waals surface area contributed by atoms with Crippen LogP contribution in [0.2, 0.25) is 0 Å². The minimum Gasteiger partial charge on any atom is -0.342 e. The Bertz CT molecular complexity index is 863. The quantitative estimate of drug-likeness (QED) is 0.789. The molecule has 3 heterocycles. The van der Waals surface area contributed by atoms with E-state index in [1.165, 1.54) is 28.0 Å².